The Hall–Kier alpha value is -3.22. The number of carbonyl (C=O) groups is 1. The molecule has 0 bridgehead atoms. The average Bonchev–Trinajstić information content (AvgIpc) is 3.03. The minimum atomic E-state index is -0.627. The summed E-state index contributed by atoms with van der Waals surface area (Å²) in [6.45, 7) is 3.52. The van der Waals surface area contributed by atoms with Crippen LogP contribution < -0.4 is 5.32 Å². The maximum Gasteiger partial charge on any atom is 0.249 e. The van der Waals surface area contributed by atoms with Crippen molar-refractivity contribution in [3.8, 4) is 5.75 Å². The molecule has 0 saturated heterocycles. The minimum Gasteiger partial charge on any atom is -0.505 e. The fraction of sp³-hybridized carbons (Fsp3) is 0.222. The maximum atomic E-state index is 12.9. The molecule has 128 valence electrons. The first-order valence-corrected chi connectivity index (χ1v) is 7.94. The second-order valence-electron chi connectivity index (χ2n) is 5.84. The first-order valence-electron chi connectivity index (χ1n) is 7.94. The molecule has 7 heteroatoms. The number of tetrazole rings is 1. The lowest BCUT2D eigenvalue weighted by atomic mass is 10.0. The molecule has 1 aromatic heterocycles. The smallest absolute Gasteiger partial charge is 0.249 e. The number of hydrogen-bond acceptors (Lipinski definition) is 5. The van der Waals surface area contributed by atoms with Crippen molar-refractivity contribution < 1.29 is 9.90 Å². The lowest BCUT2D eigenvalue weighted by Crippen LogP contribution is -2.29. The average molecular weight is 337 g/mol. The van der Waals surface area contributed by atoms with Crippen LogP contribution in [0.5, 0.6) is 5.75 Å². The Balaban J connectivity index is 1.90. The standard InChI is InChI=1S/C18H19N5O2/c1-12-7-6-10-15(17(12)24)19-18(25)16(23-13(2)20-21-22-23)11-14-8-4-3-5-9-14/h3-10,16,24H,11H2,1-2H3,(H,19,25)/t16-/m0/s1. The normalized spacial score (nSPS) is 11.9. The van der Waals surface area contributed by atoms with Gasteiger partial charge in [0.05, 0.1) is 5.69 Å². The van der Waals surface area contributed by atoms with Crippen LogP contribution in [0, 0.1) is 13.8 Å². The van der Waals surface area contributed by atoms with E-state index in [1.807, 2.05) is 30.3 Å². The zero-order chi connectivity index (χ0) is 17.8. The van der Waals surface area contributed by atoms with Crippen molar-refractivity contribution in [1.82, 2.24) is 20.2 Å². The SMILES string of the molecule is Cc1cccc(NC(=O)[C@H](Cc2ccccc2)n2nnnc2C)c1O. The summed E-state index contributed by atoms with van der Waals surface area (Å²) in [4.78, 5) is 12.9. The third kappa shape index (κ3) is 3.65. The van der Waals surface area contributed by atoms with E-state index in [-0.39, 0.29) is 11.7 Å². The van der Waals surface area contributed by atoms with Crippen LogP contribution in [-0.4, -0.2) is 31.2 Å². The summed E-state index contributed by atoms with van der Waals surface area (Å²) >= 11 is 0. The Morgan fingerprint density at radius 3 is 2.60 bits per heavy atom. The van der Waals surface area contributed by atoms with Crippen LogP contribution in [0.3, 0.4) is 0 Å². The second kappa shape index (κ2) is 7.12. The molecule has 0 unspecified atom stereocenters. The zero-order valence-electron chi connectivity index (χ0n) is 14.0. The Labute approximate surface area is 145 Å². The maximum absolute atomic E-state index is 12.9. The number of anilines is 1. The van der Waals surface area contributed by atoms with Gasteiger partial charge in [-0.1, -0.05) is 42.5 Å². The molecule has 0 aliphatic rings. The molecule has 7 nitrogen and oxygen atoms in total. The highest BCUT2D eigenvalue weighted by Crippen LogP contribution is 2.28. The molecular formula is C18H19N5O2. The number of phenolic OH excluding ortho intramolecular Hbond substituents is 1. The van der Waals surface area contributed by atoms with Crippen molar-refractivity contribution in [2.45, 2.75) is 26.3 Å². The van der Waals surface area contributed by atoms with Gasteiger partial charge in [-0.25, -0.2) is 4.68 Å². The summed E-state index contributed by atoms with van der Waals surface area (Å²) in [7, 11) is 0. The van der Waals surface area contributed by atoms with Gasteiger partial charge in [0.25, 0.3) is 0 Å². The number of phenols is 1. The van der Waals surface area contributed by atoms with Crippen LogP contribution in [0.25, 0.3) is 0 Å². The van der Waals surface area contributed by atoms with Gasteiger partial charge >= 0.3 is 0 Å². The van der Waals surface area contributed by atoms with Crippen molar-refractivity contribution >= 4 is 11.6 Å². The second-order valence-corrected chi connectivity index (χ2v) is 5.84. The van der Waals surface area contributed by atoms with E-state index >= 15 is 0 Å². The van der Waals surface area contributed by atoms with Gasteiger partial charge in [0, 0.05) is 6.42 Å². The summed E-state index contributed by atoms with van der Waals surface area (Å²) in [5.74, 6) is 0.312. The highest BCUT2D eigenvalue weighted by atomic mass is 16.3. The Morgan fingerprint density at radius 1 is 1.16 bits per heavy atom. The molecule has 2 N–H and O–H groups in total. The van der Waals surface area contributed by atoms with Crippen LogP contribution in [0.1, 0.15) is 23.0 Å². The zero-order valence-corrected chi connectivity index (χ0v) is 14.0. The molecule has 0 aliphatic carbocycles. The molecular weight excluding hydrogens is 318 g/mol. The fourth-order valence-electron chi connectivity index (χ4n) is 2.63. The van der Waals surface area contributed by atoms with Crippen LogP contribution in [0.4, 0.5) is 5.69 Å². The number of nitrogens with zero attached hydrogens (tertiary/aromatic N) is 4. The van der Waals surface area contributed by atoms with Crippen molar-refractivity contribution in [1.29, 1.82) is 0 Å². The number of amides is 1. The third-order valence-corrected chi connectivity index (χ3v) is 4.02. The molecule has 3 aromatic rings. The Kier molecular flexibility index (Phi) is 4.74. The van der Waals surface area contributed by atoms with Crippen molar-refractivity contribution in [3.63, 3.8) is 0 Å². The van der Waals surface area contributed by atoms with E-state index in [1.165, 1.54) is 4.68 Å². The number of aromatic nitrogens is 4. The van der Waals surface area contributed by atoms with E-state index in [1.54, 1.807) is 32.0 Å². The molecule has 0 saturated carbocycles. The molecule has 0 fully saturated rings. The predicted octanol–water partition coefficient (Wildman–Crippen LogP) is 2.42. The van der Waals surface area contributed by atoms with Gasteiger partial charge in [-0.15, -0.1) is 5.10 Å². The number of para-hydroxylation sites is 1. The summed E-state index contributed by atoms with van der Waals surface area (Å²) in [6.07, 6.45) is 0.436. The topological polar surface area (TPSA) is 92.9 Å². The van der Waals surface area contributed by atoms with Crippen molar-refractivity contribution in [3.05, 3.63) is 65.5 Å². The molecule has 1 heterocycles. The number of nitrogens with one attached hydrogen (secondary N) is 1. The van der Waals surface area contributed by atoms with Gasteiger partial charge in [0.1, 0.15) is 17.6 Å². The highest BCUT2D eigenvalue weighted by Gasteiger charge is 2.25. The van der Waals surface area contributed by atoms with Gasteiger partial charge < -0.3 is 10.4 Å². The fourth-order valence-corrected chi connectivity index (χ4v) is 2.63. The van der Waals surface area contributed by atoms with Crippen LogP contribution in [-0.2, 0) is 11.2 Å². The van der Waals surface area contributed by atoms with E-state index in [9.17, 15) is 9.90 Å². The lowest BCUT2D eigenvalue weighted by molar-refractivity contribution is -0.119. The first kappa shape index (κ1) is 16.6. The molecule has 1 amide bonds. The van der Waals surface area contributed by atoms with Crippen LogP contribution >= 0.6 is 0 Å². The van der Waals surface area contributed by atoms with Gasteiger partial charge in [-0.2, -0.15) is 0 Å². The summed E-state index contributed by atoms with van der Waals surface area (Å²) in [6, 6.07) is 14.2. The molecule has 25 heavy (non-hydrogen) atoms. The van der Waals surface area contributed by atoms with E-state index < -0.39 is 6.04 Å². The quantitative estimate of drug-likeness (QED) is 0.698. The van der Waals surface area contributed by atoms with E-state index in [4.69, 9.17) is 0 Å². The Bertz CT molecular complexity index is 876. The van der Waals surface area contributed by atoms with Crippen molar-refractivity contribution in [2.24, 2.45) is 0 Å². The monoisotopic (exact) mass is 337 g/mol. The van der Waals surface area contributed by atoms with Gasteiger partial charge in [-0.3, -0.25) is 4.79 Å². The number of carbonyl (C=O) groups excluding carboxylic acids is 1. The van der Waals surface area contributed by atoms with Gasteiger partial charge in [0.2, 0.25) is 5.91 Å². The number of rotatable bonds is 5. The van der Waals surface area contributed by atoms with Crippen LogP contribution in [0.2, 0.25) is 0 Å². The highest BCUT2D eigenvalue weighted by molar-refractivity contribution is 5.95. The van der Waals surface area contributed by atoms with Gasteiger partial charge in [0.15, 0.2) is 0 Å². The molecule has 2 aromatic carbocycles. The summed E-state index contributed by atoms with van der Waals surface area (Å²) < 4.78 is 1.50. The molecule has 0 aliphatic heterocycles. The van der Waals surface area contributed by atoms with E-state index in [0.717, 1.165) is 5.56 Å². The lowest BCUT2D eigenvalue weighted by Gasteiger charge is -2.18. The summed E-state index contributed by atoms with van der Waals surface area (Å²) in [5, 5.41) is 24.4. The van der Waals surface area contributed by atoms with E-state index in [2.05, 4.69) is 20.8 Å². The van der Waals surface area contributed by atoms with E-state index in [0.29, 0.717) is 23.5 Å². The first-order chi connectivity index (χ1) is 12.1. The Morgan fingerprint density at radius 2 is 1.92 bits per heavy atom. The van der Waals surface area contributed by atoms with Crippen LogP contribution in [0.15, 0.2) is 48.5 Å². The number of aryl methyl sites for hydroxylation is 2. The molecule has 1 atom stereocenters. The largest absolute Gasteiger partial charge is 0.505 e. The predicted molar refractivity (Wildman–Crippen MR) is 93.2 cm³/mol. The molecule has 0 spiro atoms. The number of benzene rings is 2. The minimum absolute atomic E-state index is 0.0581. The molecule has 0 radical (unpaired) electrons. The number of hydrogen-bond donors (Lipinski definition) is 2. The van der Waals surface area contributed by atoms with Gasteiger partial charge in [-0.05, 0) is 41.5 Å². The number of aromatic hydroxyl groups is 1. The van der Waals surface area contributed by atoms with Crippen molar-refractivity contribution in [2.75, 3.05) is 5.32 Å². The third-order valence-electron chi connectivity index (χ3n) is 4.02. The molecule has 3 rings (SSSR count). The summed E-state index contributed by atoms with van der Waals surface area (Å²) in [5.41, 5.74) is 2.05.